The maximum absolute atomic E-state index is 5.50. The zero-order chi connectivity index (χ0) is 10.5. The van der Waals surface area contributed by atoms with E-state index >= 15 is 0 Å². The van der Waals surface area contributed by atoms with Crippen molar-refractivity contribution in [2.45, 2.75) is 6.42 Å². The van der Waals surface area contributed by atoms with Crippen LogP contribution in [0.15, 0.2) is 18.2 Å². The van der Waals surface area contributed by atoms with E-state index in [0.717, 1.165) is 24.5 Å². The van der Waals surface area contributed by atoms with E-state index in [1.165, 1.54) is 5.56 Å². The van der Waals surface area contributed by atoms with Crippen molar-refractivity contribution in [1.29, 1.82) is 0 Å². The summed E-state index contributed by atoms with van der Waals surface area (Å²) in [4.78, 5) is 0. The molecule has 0 saturated carbocycles. The summed E-state index contributed by atoms with van der Waals surface area (Å²) in [6, 6.07) is 6.06. The van der Waals surface area contributed by atoms with Gasteiger partial charge in [0.1, 0.15) is 13.2 Å². The summed E-state index contributed by atoms with van der Waals surface area (Å²) in [5.74, 6) is 1.70. The molecule has 0 aliphatic carbocycles. The second-order valence-corrected chi connectivity index (χ2v) is 3.43. The van der Waals surface area contributed by atoms with Crippen molar-refractivity contribution in [3.05, 3.63) is 23.8 Å². The lowest BCUT2D eigenvalue weighted by atomic mass is 10.1. The maximum atomic E-state index is 5.50. The fourth-order valence-electron chi connectivity index (χ4n) is 1.58. The Balaban J connectivity index is 2.00. The largest absolute Gasteiger partial charge is 0.486 e. The monoisotopic (exact) mass is 208 g/mol. The summed E-state index contributed by atoms with van der Waals surface area (Å²) in [5, 5.41) is 3.08. The Morgan fingerprint density at radius 1 is 1.20 bits per heavy atom. The maximum Gasteiger partial charge on any atom is 0.161 e. The van der Waals surface area contributed by atoms with E-state index in [9.17, 15) is 0 Å². The second kappa shape index (κ2) is 5.00. The zero-order valence-electron chi connectivity index (χ0n) is 8.66. The topological polar surface area (TPSA) is 56.5 Å². The minimum absolute atomic E-state index is 0.518. The molecule has 15 heavy (non-hydrogen) atoms. The van der Waals surface area contributed by atoms with E-state index in [0.29, 0.717) is 19.9 Å². The molecule has 3 N–H and O–H groups in total. The standard InChI is InChI=1S/C11H16N2O2/c12-8-13-4-3-9-1-2-10-11(7-9)15-6-5-14-10/h1-2,7,13H,3-6,8,12H2. The molecule has 1 heterocycles. The molecule has 82 valence electrons. The van der Waals surface area contributed by atoms with Gasteiger partial charge in [-0.2, -0.15) is 0 Å². The molecule has 1 aromatic rings. The van der Waals surface area contributed by atoms with Gasteiger partial charge in [-0.25, -0.2) is 0 Å². The van der Waals surface area contributed by atoms with Crippen LogP contribution in [0, 0.1) is 0 Å². The van der Waals surface area contributed by atoms with Gasteiger partial charge in [-0.05, 0) is 24.1 Å². The van der Waals surface area contributed by atoms with Gasteiger partial charge in [0, 0.05) is 13.2 Å². The molecule has 4 heteroatoms. The normalized spacial score (nSPS) is 13.9. The van der Waals surface area contributed by atoms with Crippen LogP contribution in [0.4, 0.5) is 0 Å². The van der Waals surface area contributed by atoms with Crippen molar-refractivity contribution in [3.8, 4) is 11.5 Å². The Kier molecular flexibility index (Phi) is 3.42. The van der Waals surface area contributed by atoms with Crippen LogP contribution in [0.2, 0.25) is 0 Å². The summed E-state index contributed by atoms with van der Waals surface area (Å²) < 4.78 is 10.9. The Labute approximate surface area is 89.4 Å². The highest BCUT2D eigenvalue weighted by Crippen LogP contribution is 2.30. The van der Waals surface area contributed by atoms with E-state index in [2.05, 4.69) is 11.4 Å². The fraction of sp³-hybridized carbons (Fsp3) is 0.455. The summed E-state index contributed by atoms with van der Waals surface area (Å²) in [6.45, 7) is 2.68. The van der Waals surface area contributed by atoms with Crippen LogP contribution in [0.3, 0.4) is 0 Å². The molecule has 0 saturated heterocycles. The Bertz CT molecular complexity index is 328. The molecule has 2 rings (SSSR count). The quantitative estimate of drug-likeness (QED) is 0.559. The predicted octanol–water partition coefficient (Wildman–Crippen LogP) is 0.506. The molecule has 0 bridgehead atoms. The van der Waals surface area contributed by atoms with Crippen LogP contribution in [0.1, 0.15) is 5.56 Å². The van der Waals surface area contributed by atoms with Crippen LogP contribution in [0.25, 0.3) is 0 Å². The highest BCUT2D eigenvalue weighted by atomic mass is 16.6. The summed E-state index contributed by atoms with van der Waals surface area (Å²) in [5.41, 5.74) is 6.58. The van der Waals surface area contributed by atoms with Gasteiger partial charge in [-0.3, -0.25) is 0 Å². The summed E-state index contributed by atoms with van der Waals surface area (Å²) >= 11 is 0. The molecule has 0 atom stereocenters. The van der Waals surface area contributed by atoms with Gasteiger partial charge in [0.15, 0.2) is 11.5 Å². The number of nitrogens with two attached hydrogens (primary N) is 1. The van der Waals surface area contributed by atoms with Gasteiger partial charge in [0.05, 0.1) is 0 Å². The van der Waals surface area contributed by atoms with Crippen molar-refractivity contribution in [1.82, 2.24) is 5.32 Å². The number of benzene rings is 1. The molecule has 1 aliphatic rings. The minimum Gasteiger partial charge on any atom is -0.486 e. The second-order valence-electron chi connectivity index (χ2n) is 3.43. The van der Waals surface area contributed by atoms with Gasteiger partial charge < -0.3 is 20.5 Å². The first-order valence-corrected chi connectivity index (χ1v) is 5.19. The van der Waals surface area contributed by atoms with Gasteiger partial charge in [0.25, 0.3) is 0 Å². The first kappa shape index (κ1) is 10.3. The molecule has 0 amide bonds. The predicted molar refractivity (Wildman–Crippen MR) is 58.2 cm³/mol. The third-order valence-corrected chi connectivity index (χ3v) is 2.34. The van der Waals surface area contributed by atoms with Crippen molar-refractivity contribution in [2.75, 3.05) is 26.4 Å². The average Bonchev–Trinajstić information content (AvgIpc) is 2.29. The Morgan fingerprint density at radius 2 is 2.00 bits per heavy atom. The zero-order valence-corrected chi connectivity index (χ0v) is 8.66. The van der Waals surface area contributed by atoms with Crippen LogP contribution >= 0.6 is 0 Å². The third kappa shape index (κ3) is 2.61. The van der Waals surface area contributed by atoms with Gasteiger partial charge in [0.2, 0.25) is 0 Å². The lowest BCUT2D eigenvalue weighted by molar-refractivity contribution is 0.171. The van der Waals surface area contributed by atoms with Crippen LogP contribution in [-0.2, 0) is 6.42 Å². The Morgan fingerprint density at radius 3 is 2.80 bits per heavy atom. The first-order valence-electron chi connectivity index (χ1n) is 5.19. The number of ether oxygens (including phenoxy) is 2. The first-order chi connectivity index (χ1) is 7.40. The summed E-state index contributed by atoms with van der Waals surface area (Å²) in [6.07, 6.45) is 0.952. The molecule has 1 aromatic carbocycles. The molecule has 4 nitrogen and oxygen atoms in total. The van der Waals surface area contributed by atoms with E-state index in [-0.39, 0.29) is 0 Å². The van der Waals surface area contributed by atoms with Crippen LogP contribution in [0.5, 0.6) is 11.5 Å². The molecule has 0 fully saturated rings. The van der Waals surface area contributed by atoms with E-state index in [1.807, 2.05) is 12.1 Å². The van der Waals surface area contributed by atoms with E-state index < -0.39 is 0 Å². The molecule has 0 unspecified atom stereocenters. The van der Waals surface area contributed by atoms with Crippen LogP contribution < -0.4 is 20.5 Å². The fourth-order valence-corrected chi connectivity index (χ4v) is 1.58. The molecule has 0 radical (unpaired) electrons. The van der Waals surface area contributed by atoms with Crippen LogP contribution in [-0.4, -0.2) is 26.4 Å². The van der Waals surface area contributed by atoms with Gasteiger partial charge >= 0.3 is 0 Å². The average molecular weight is 208 g/mol. The number of hydrogen-bond acceptors (Lipinski definition) is 4. The molecular weight excluding hydrogens is 192 g/mol. The van der Waals surface area contributed by atoms with E-state index in [1.54, 1.807) is 0 Å². The van der Waals surface area contributed by atoms with Crippen molar-refractivity contribution >= 4 is 0 Å². The number of hydrogen-bond donors (Lipinski definition) is 2. The number of nitrogens with one attached hydrogen (secondary N) is 1. The molecule has 0 aromatic heterocycles. The highest BCUT2D eigenvalue weighted by molar-refractivity contribution is 5.43. The Hall–Kier alpha value is -1.26. The van der Waals surface area contributed by atoms with Gasteiger partial charge in [-0.1, -0.05) is 6.07 Å². The lowest BCUT2D eigenvalue weighted by Crippen LogP contribution is -2.24. The molecule has 1 aliphatic heterocycles. The van der Waals surface area contributed by atoms with Crippen molar-refractivity contribution < 1.29 is 9.47 Å². The lowest BCUT2D eigenvalue weighted by Gasteiger charge is -2.18. The van der Waals surface area contributed by atoms with Gasteiger partial charge in [-0.15, -0.1) is 0 Å². The highest BCUT2D eigenvalue weighted by Gasteiger charge is 2.11. The molecule has 0 spiro atoms. The minimum atomic E-state index is 0.518. The SMILES string of the molecule is NCNCCc1ccc2c(c1)OCCO2. The summed E-state index contributed by atoms with van der Waals surface area (Å²) in [7, 11) is 0. The molecular formula is C11H16N2O2. The van der Waals surface area contributed by atoms with Crippen molar-refractivity contribution in [2.24, 2.45) is 5.73 Å². The third-order valence-electron chi connectivity index (χ3n) is 2.34. The smallest absolute Gasteiger partial charge is 0.161 e. The number of fused-ring (bicyclic) bond motifs is 1. The van der Waals surface area contributed by atoms with E-state index in [4.69, 9.17) is 15.2 Å². The number of rotatable bonds is 4. The van der Waals surface area contributed by atoms with Crippen molar-refractivity contribution in [3.63, 3.8) is 0 Å².